The monoisotopic (exact) mass is 344 g/mol. The Morgan fingerprint density at radius 1 is 1.00 bits per heavy atom. The Hall–Kier alpha value is -1.39. The largest absolute Gasteiger partial charge is 0.392 e. The van der Waals surface area contributed by atoms with Crippen LogP contribution in [-0.4, -0.2) is 59.6 Å². The van der Waals surface area contributed by atoms with Crippen molar-refractivity contribution in [1.82, 2.24) is 9.80 Å². The first kappa shape index (κ1) is 18.4. The van der Waals surface area contributed by atoms with Crippen LogP contribution in [0.3, 0.4) is 0 Å². The Labute approximate surface area is 151 Å². The Morgan fingerprint density at radius 2 is 1.64 bits per heavy atom. The molecule has 2 saturated heterocycles. The van der Waals surface area contributed by atoms with Crippen molar-refractivity contribution < 1.29 is 9.90 Å². The molecule has 2 aliphatic rings. The Bertz CT molecular complexity index is 518. The van der Waals surface area contributed by atoms with E-state index >= 15 is 0 Å². The Kier molecular flexibility index (Phi) is 6.88. The molecule has 0 aromatic heterocycles. The molecule has 0 unspecified atom stereocenters. The van der Waals surface area contributed by atoms with Crippen LogP contribution >= 0.6 is 0 Å². The van der Waals surface area contributed by atoms with E-state index in [1.807, 2.05) is 23.1 Å². The van der Waals surface area contributed by atoms with E-state index in [0.717, 1.165) is 39.0 Å². The van der Waals surface area contributed by atoms with Crippen molar-refractivity contribution in [2.24, 2.45) is 5.92 Å². The predicted molar refractivity (Wildman–Crippen MR) is 100 cm³/mol. The van der Waals surface area contributed by atoms with Gasteiger partial charge in [0, 0.05) is 13.1 Å². The zero-order valence-electron chi connectivity index (χ0n) is 15.3. The van der Waals surface area contributed by atoms with Crippen molar-refractivity contribution in [3.05, 3.63) is 35.9 Å². The molecule has 0 spiro atoms. The molecule has 1 aromatic rings. The van der Waals surface area contributed by atoms with Crippen LogP contribution in [0.4, 0.5) is 0 Å². The van der Waals surface area contributed by atoms with Gasteiger partial charge in [0.1, 0.15) is 0 Å². The summed E-state index contributed by atoms with van der Waals surface area (Å²) in [4.78, 5) is 16.9. The number of carbonyl (C=O) groups is 1. The molecule has 2 fully saturated rings. The fourth-order valence-electron chi connectivity index (χ4n) is 4.14. The number of benzene rings is 1. The van der Waals surface area contributed by atoms with Gasteiger partial charge in [-0.25, -0.2) is 0 Å². The molecule has 0 radical (unpaired) electrons. The molecule has 0 saturated carbocycles. The van der Waals surface area contributed by atoms with Crippen LogP contribution in [-0.2, 0) is 11.2 Å². The highest BCUT2D eigenvalue weighted by molar-refractivity contribution is 5.78. The first-order chi connectivity index (χ1) is 12.2. The van der Waals surface area contributed by atoms with Crippen molar-refractivity contribution in [2.45, 2.75) is 51.0 Å². The highest BCUT2D eigenvalue weighted by atomic mass is 16.3. The van der Waals surface area contributed by atoms with E-state index in [9.17, 15) is 9.90 Å². The van der Waals surface area contributed by atoms with Gasteiger partial charge >= 0.3 is 0 Å². The van der Waals surface area contributed by atoms with Gasteiger partial charge in [-0.3, -0.25) is 9.69 Å². The quantitative estimate of drug-likeness (QED) is 0.893. The van der Waals surface area contributed by atoms with Crippen LogP contribution in [0.5, 0.6) is 0 Å². The molecule has 1 N–H and O–H groups in total. The molecule has 4 heteroatoms. The molecule has 0 bridgehead atoms. The Morgan fingerprint density at radius 3 is 2.28 bits per heavy atom. The second-order valence-corrected chi connectivity index (χ2v) is 7.67. The van der Waals surface area contributed by atoms with Crippen LogP contribution in [0.2, 0.25) is 0 Å². The minimum absolute atomic E-state index is 0.276. The summed E-state index contributed by atoms with van der Waals surface area (Å²) in [6.07, 6.45) is 7.30. The van der Waals surface area contributed by atoms with Crippen molar-refractivity contribution >= 4 is 5.91 Å². The maximum Gasteiger partial charge on any atom is 0.236 e. The summed E-state index contributed by atoms with van der Waals surface area (Å²) in [5.41, 5.74) is 1.19. The molecule has 4 nitrogen and oxygen atoms in total. The maximum absolute atomic E-state index is 12.6. The van der Waals surface area contributed by atoms with Crippen molar-refractivity contribution in [2.75, 3.05) is 32.7 Å². The van der Waals surface area contributed by atoms with Crippen molar-refractivity contribution in [1.29, 1.82) is 0 Å². The molecule has 2 heterocycles. The second-order valence-electron chi connectivity index (χ2n) is 7.67. The third-order valence-corrected chi connectivity index (χ3v) is 5.78. The van der Waals surface area contributed by atoms with Gasteiger partial charge in [-0.15, -0.1) is 0 Å². The maximum atomic E-state index is 12.6. The average Bonchev–Trinajstić information content (AvgIpc) is 2.91. The minimum Gasteiger partial charge on any atom is -0.392 e. The molecule has 2 aliphatic heterocycles. The second kappa shape index (κ2) is 9.35. The zero-order valence-corrected chi connectivity index (χ0v) is 15.3. The van der Waals surface area contributed by atoms with Crippen LogP contribution in [0, 0.1) is 5.92 Å². The summed E-state index contributed by atoms with van der Waals surface area (Å²) in [5.74, 6) is 0.584. The average molecular weight is 344 g/mol. The van der Waals surface area contributed by atoms with Crippen molar-refractivity contribution in [3.63, 3.8) is 0 Å². The van der Waals surface area contributed by atoms with Gasteiger partial charge in [0.15, 0.2) is 0 Å². The van der Waals surface area contributed by atoms with E-state index in [1.165, 1.54) is 31.2 Å². The highest BCUT2D eigenvalue weighted by Crippen LogP contribution is 2.23. The summed E-state index contributed by atoms with van der Waals surface area (Å²) in [6.45, 7) is 4.31. The number of carbonyl (C=O) groups excluding carboxylic acids is 1. The van der Waals surface area contributed by atoms with Crippen LogP contribution in [0.1, 0.15) is 44.1 Å². The third-order valence-electron chi connectivity index (χ3n) is 5.78. The summed E-state index contributed by atoms with van der Waals surface area (Å²) in [6, 6.07) is 10.2. The lowest BCUT2D eigenvalue weighted by molar-refractivity contribution is -0.134. The van der Waals surface area contributed by atoms with Gasteiger partial charge in [0.05, 0.1) is 12.6 Å². The normalized spacial score (nSPS) is 21.7. The van der Waals surface area contributed by atoms with E-state index < -0.39 is 0 Å². The van der Waals surface area contributed by atoms with E-state index in [4.69, 9.17) is 0 Å². The Balaban J connectivity index is 1.42. The molecule has 1 amide bonds. The van der Waals surface area contributed by atoms with E-state index in [0.29, 0.717) is 18.9 Å². The standard InChI is InChI=1S/C21H32N2O2/c24-20(16-18-8-4-3-5-9-18)19-10-14-23(15-11-19)21(25)17-22-12-6-1-2-7-13-22/h3-5,8-9,19-20,24H,1-2,6-7,10-17H2/t20-/m1/s1. The first-order valence-corrected chi connectivity index (χ1v) is 9.94. The van der Waals surface area contributed by atoms with Gasteiger partial charge in [0.25, 0.3) is 0 Å². The molecule has 0 aliphatic carbocycles. The summed E-state index contributed by atoms with van der Waals surface area (Å²) < 4.78 is 0. The number of nitrogens with zero attached hydrogens (tertiary/aromatic N) is 2. The minimum atomic E-state index is -0.301. The third kappa shape index (κ3) is 5.55. The number of hydrogen-bond donors (Lipinski definition) is 1. The highest BCUT2D eigenvalue weighted by Gasteiger charge is 2.28. The topological polar surface area (TPSA) is 43.8 Å². The zero-order chi connectivity index (χ0) is 17.5. The fourth-order valence-corrected chi connectivity index (χ4v) is 4.14. The number of aliphatic hydroxyl groups is 1. The number of rotatable bonds is 5. The SMILES string of the molecule is O=C(CN1CCCCCC1)N1CCC([C@H](O)Cc2ccccc2)CC1. The number of piperidine rings is 1. The van der Waals surface area contributed by atoms with Gasteiger partial charge in [-0.2, -0.15) is 0 Å². The number of amides is 1. The molecular formula is C21H32N2O2. The molecular weight excluding hydrogens is 312 g/mol. The van der Waals surface area contributed by atoms with Gasteiger partial charge in [0.2, 0.25) is 5.91 Å². The molecule has 25 heavy (non-hydrogen) atoms. The van der Waals surface area contributed by atoms with Crippen LogP contribution in [0.15, 0.2) is 30.3 Å². The number of hydrogen-bond acceptors (Lipinski definition) is 3. The van der Waals surface area contributed by atoms with Crippen LogP contribution < -0.4 is 0 Å². The van der Waals surface area contributed by atoms with E-state index in [2.05, 4.69) is 17.0 Å². The summed E-state index contributed by atoms with van der Waals surface area (Å²) >= 11 is 0. The molecule has 138 valence electrons. The predicted octanol–water partition coefficient (Wildman–Crippen LogP) is 2.70. The fraction of sp³-hybridized carbons (Fsp3) is 0.667. The van der Waals surface area contributed by atoms with E-state index in [-0.39, 0.29) is 12.0 Å². The molecule has 1 atom stereocenters. The smallest absolute Gasteiger partial charge is 0.236 e. The lowest BCUT2D eigenvalue weighted by Crippen LogP contribution is -2.46. The van der Waals surface area contributed by atoms with E-state index in [1.54, 1.807) is 0 Å². The summed E-state index contributed by atoms with van der Waals surface area (Å²) in [5, 5.41) is 10.5. The van der Waals surface area contributed by atoms with Crippen LogP contribution in [0.25, 0.3) is 0 Å². The first-order valence-electron chi connectivity index (χ1n) is 9.94. The summed E-state index contributed by atoms with van der Waals surface area (Å²) in [7, 11) is 0. The number of aliphatic hydroxyl groups excluding tert-OH is 1. The molecule has 1 aromatic carbocycles. The van der Waals surface area contributed by atoms with Gasteiger partial charge in [-0.05, 0) is 56.7 Å². The lowest BCUT2D eigenvalue weighted by atomic mass is 9.88. The lowest BCUT2D eigenvalue weighted by Gasteiger charge is -2.35. The van der Waals surface area contributed by atoms with Gasteiger partial charge < -0.3 is 10.0 Å². The van der Waals surface area contributed by atoms with Gasteiger partial charge in [-0.1, -0.05) is 43.2 Å². The molecule has 3 rings (SSSR count). The van der Waals surface area contributed by atoms with Crippen molar-refractivity contribution in [3.8, 4) is 0 Å². The number of likely N-dealkylation sites (tertiary alicyclic amines) is 2.